The van der Waals surface area contributed by atoms with Crippen molar-refractivity contribution in [2.45, 2.75) is 78.7 Å². The van der Waals surface area contributed by atoms with Gasteiger partial charge in [-0.1, -0.05) is 146 Å². The molecule has 0 radical (unpaired) electrons. The van der Waals surface area contributed by atoms with Gasteiger partial charge in [-0.2, -0.15) is 0 Å². The molecule has 0 heterocycles. The molecule has 0 spiro atoms. The first-order chi connectivity index (χ1) is 17.1. The first-order valence-corrected chi connectivity index (χ1v) is 15.9. The van der Waals surface area contributed by atoms with Gasteiger partial charge >= 0.3 is 0 Å². The fourth-order valence-electron chi connectivity index (χ4n) is 5.69. The van der Waals surface area contributed by atoms with Crippen molar-refractivity contribution in [1.29, 1.82) is 0 Å². The topological polar surface area (TPSA) is 0 Å². The summed E-state index contributed by atoms with van der Waals surface area (Å²) in [7, 11) is -2.47. The van der Waals surface area contributed by atoms with Gasteiger partial charge in [0, 0.05) is 5.54 Å². The molecule has 0 N–H and O–H groups in total. The molecule has 0 amide bonds. The molecule has 188 valence electrons. The summed E-state index contributed by atoms with van der Waals surface area (Å²) < 4.78 is 0. The minimum atomic E-state index is -2.47. The standard InChI is InChI=1S/C35H44Si/c1-24(2)28-12-9-15-32(20-28)36(35-19-18-31(23-35)27(7)8,33-16-10-13-29(21-33)25(3)4)34-17-11-14-30(22-34)26(5)6/h9-27,35H,1-8H3. The van der Waals surface area contributed by atoms with Crippen LogP contribution in [0.15, 0.2) is 96.6 Å². The van der Waals surface area contributed by atoms with E-state index in [1.165, 1.54) is 37.8 Å². The van der Waals surface area contributed by atoms with Gasteiger partial charge < -0.3 is 0 Å². The van der Waals surface area contributed by atoms with Crippen LogP contribution in [0.5, 0.6) is 0 Å². The van der Waals surface area contributed by atoms with E-state index in [1.54, 1.807) is 0 Å². The number of hydrogen-bond donors (Lipinski definition) is 0. The largest absolute Gasteiger partial charge is 0.158 e. The lowest BCUT2D eigenvalue weighted by molar-refractivity contribution is 0.793. The second-order valence-corrected chi connectivity index (χ2v) is 15.9. The van der Waals surface area contributed by atoms with Gasteiger partial charge in [-0.05, 0) is 61.5 Å². The normalized spacial score (nSPS) is 16.0. The van der Waals surface area contributed by atoms with Crippen LogP contribution in [0.1, 0.15) is 89.8 Å². The summed E-state index contributed by atoms with van der Waals surface area (Å²) >= 11 is 0. The second kappa shape index (κ2) is 10.8. The molecule has 0 fully saturated rings. The Morgan fingerprint density at radius 3 is 1.22 bits per heavy atom. The highest BCUT2D eigenvalue weighted by Crippen LogP contribution is 2.35. The molecule has 1 aliphatic rings. The van der Waals surface area contributed by atoms with E-state index in [2.05, 4.69) is 146 Å². The van der Waals surface area contributed by atoms with Crippen LogP contribution in [0, 0.1) is 5.92 Å². The van der Waals surface area contributed by atoms with Crippen LogP contribution < -0.4 is 15.6 Å². The van der Waals surface area contributed by atoms with Gasteiger partial charge in [0.25, 0.3) is 0 Å². The molecule has 0 aromatic heterocycles. The highest BCUT2D eigenvalue weighted by Gasteiger charge is 2.46. The maximum atomic E-state index is 2.60. The van der Waals surface area contributed by atoms with Gasteiger partial charge in [-0.25, -0.2) is 0 Å². The van der Waals surface area contributed by atoms with Gasteiger partial charge in [-0.3, -0.25) is 0 Å². The minimum absolute atomic E-state index is 0.377. The number of allylic oxidation sites excluding steroid dienone is 4. The Kier molecular flexibility index (Phi) is 7.90. The maximum absolute atomic E-state index is 2.60. The van der Waals surface area contributed by atoms with Crippen LogP contribution in [-0.4, -0.2) is 8.07 Å². The smallest absolute Gasteiger partial charge is 0.0790 e. The average molecular weight is 493 g/mol. The Morgan fingerprint density at radius 1 is 0.528 bits per heavy atom. The Balaban J connectivity index is 2.13. The third kappa shape index (κ3) is 4.96. The van der Waals surface area contributed by atoms with E-state index in [9.17, 15) is 0 Å². The van der Waals surface area contributed by atoms with Crippen molar-refractivity contribution in [2.24, 2.45) is 5.92 Å². The molecule has 0 aliphatic heterocycles. The maximum Gasteiger partial charge on any atom is 0.158 e. The highest BCUT2D eigenvalue weighted by atomic mass is 28.3. The molecule has 3 aromatic carbocycles. The molecule has 1 atom stereocenters. The lowest BCUT2D eigenvalue weighted by atomic mass is 10.0. The monoisotopic (exact) mass is 492 g/mol. The summed E-state index contributed by atoms with van der Waals surface area (Å²) in [5.41, 5.74) is 6.14. The van der Waals surface area contributed by atoms with Crippen molar-refractivity contribution in [2.75, 3.05) is 0 Å². The lowest BCUT2D eigenvalue weighted by Gasteiger charge is -2.39. The van der Waals surface area contributed by atoms with Gasteiger partial charge in [-0.15, -0.1) is 0 Å². The van der Waals surface area contributed by atoms with Gasteiger partial charge in [0.05, 0.1) is 0 Å². The van der Waals surface area contributed by atoms with E-state index < -0.39 is 8.07 Å². The predicted octanol–water partition coefficient (Wildman–Crippen LogP) is 8.05. The minimum Gasteiger partial charge on any atom is -0.0790 e. The molecule has 4 rings (SSSR count). The van der Waals surface area contributed by atoms with E-state index >= 15 is 0 Å². The molecule has 1 heteroatoms. The third-order valence-electron chi connectivity index (χ3n) is 8.06. The lowest BCUT2D eigenvalue weighted by Crippen LogP contribution is -2.69. The van der Waals surface area contributed by atoms with Crippen LogP contribution >= 0.6 is 0 Å². The molecule has 0 bridgehead atoms. The van der Waals surface area contributed by atoms with E-state index in [-0.39, 0.29) is 0 Å². The molecule has 1 aliphatic carbocycles. The highest BCUT2D eigenvalue weighted by molar-refractivity contribution is 7.13. The molecular formula is C35H44Si. The van der Waals surface area contributed by atoms with Gasteiger partial charge in [0.1, 0.15) is 0 Å². The van der Waals surface area contributed by atoms with Gasteiger partial charge in [0.15, 0.2) is 8.07 Å². The van der Waals surface area contributed by atoms with Crippen molar-refractivity contribution < 1.29 is 0 Å². The third-order valence-corrected chi connectivity index (χ3v) is 13.1. The summed E-state index contributed by atoms with van der Waals surface area (Å²) in [4.78, 5) is 0. The summed E-state index contributed by atoms with van der Waals surface area (Å²) in [5.74, 6) is 2.04. The Hall–Kier alpha value is -2.64. The van der Waals surface area contributed by atoms with Crippen LogP contribution in [-0.2, 0) is 0 Å². The molecule has 0 nitrogen and oxygen atoms in total. The zero-order chi connectivity index (χ0) is 26.0. The van der Waals surface area contributed by atoms with E-state index in [4.69, 9.17) is 0 Å². The zero-order valence-corrected chi connectivity index (χ0v) is 24.5. The van der Waals surface area contributed by atoms with Crippen molar-refractivity contribution in [3.05, 3.63) is 113 Å². The van der Waals surface area contributed by atoms with Crippen LogP contribution in [0.3, 0.4) is 0 Å². The van der Waals surface area contributed by atoms with E-state index in [0.29, 0.717) is 29.2 Å². The number of rotatable bonds is 8. The van der Waals surface area contributed by atoms with Crippen molar-refractivity contribution in [1.82, 2.24) is 0 Å². The molecule has 36 heavy (non-hydrogen) atoms. The molecular weight excluding hydrogens is 448 g/mol. The zero-order valence-electron chi connectivity index (χ0n) is 23.5. The van der Waals surface area contributed by atoms with Crippen molar-refractivity contribution >= 4 is 23.6 Å². The average Bonchev–Trinajstić information content (AvgIpc) is 3.36. The summed E-state index contributed by atoms with van der Waals surface area (Å²) in [6.07, 6.45) is 7.53. The first kappa shape index (κ1) is 26.4. The quantitative estimate of drug-likeness (QED) is 0.220. The van der Waals surface area contributed by atoms with E-state index in [1.807, 2.05) is 0 Å². The van der Waals surface area contributed by atoms with Crippen LogP contribution in [0.4, 0.5) is 0 Å². The fourth-order valence-corrected chi connectivity index (χ4v) is 10.9. The SMILES string of the molecule is CC(C)C1=CC([Si](c2cccc(C(C)C)c2)(c2cccc(C(C)C)c2)c2cccc(C(C)C)c2)C=C1. The molecule has 1 unspecified atom stereocenters. The fraction of sp³-hybridized carbons (Fsp3) is 0.371. The summed E-state index contributed by atoms with van der Waals surface area (Å²) in [6, 6.07) is 28.7. The van der Waals surface area contributed by atoms with Crippen LogP contribution in [0.2, 0.25) is 5.54 Å². The summed E-state index contributed by atoms with van der Waals surface area (Å²) in [6.45, 7) is 18.5. The molecule has 0 saturated heterocycles. The van der Waals surface area contributed by atoms with Crippen LogP contribution in [0.25, 0.3) is 0 Å². The van der Waals surface area contributed by atoms with Crippen molar-refractivity contribution in [3.8, 4) is 0 Å². The Labute approximate surface area is 221 Å². The first-order valence-electron chi connectivity index (χ1n) is 13.9. The Morgan fingerprint density at radius 2 is 0.917 bits per heavy atom. The predicted molar refractivity (Wildman–Crippen MR) is 162 cm³/mol. The van der Waals surface area contributed by atoms with E-state index in [0.717, 1.165) is 0 Å². The van der Waals surface area contributed by atoms with Gasteiger partial charge in [0.2, 0.25) is 0 Å². The molecule has 3 aromatic rings. The number of hydrogen-bond acceptors (Lipinski definition) is 0. The molecule has 0 saturated carbocycles. The van der Waals surface area contributed by atoms with Crippen molar-refractivity contribution in [3.63, 3.8) is 0 Å². The second-order valence-electron chi connectivity index (χ2n) is 11.9. The summed E-state index contributed by atoms with van der Waals surface area (Å²) in [5, 5.41) is 4.56. The Bertz CT molecular complexity index is 1130. The number of benzene rings is 3.